The Balaban J connectivity index is 1.55. The van der Waals surface area contributed by atoms with Crippen molar-refractivity contribution in [2.75, 3.05) is 20.2 Å². The standard InChI is InChI=1S/C29H39N5O6/c1-5-11-34-26(30)25(40-29(34)38)22(13-17-9-10-31-27(17)36)33-28(37)18(12-16(2)3)14-23(35)21-15-19-20(32-21)7-6-8-24(19)39-4/h6-8,15-18,22,25,30,32H,5,9-14H2,1-4H3,(H,31,36)(H,33,37)/t17-,18+,22-,25?/m0/s1. The van der Waals surface area contributed by atoms with Gasteiger partial charge in [0.1, 0.15) is 11.6 Å². The van der Waals surface area contributed by atoms with Crippen molar-refractivity contribution >= 4 is 40.4 Å². The van der Waals surface area contributed by atoms with Crippen LogP contribution in [0.3, 0.4) is 0 Å². The average Bonchev–Trinajstić information content (AvgIpc) is 3.61. The van der Waals surface area contributed by atoms with E-state index in [4.69, 9.17) is 14.9 Å². The maximum Gasteiger partial charge on any atom is 0.416 e. The molecule has 2 fully saturated rings. The summed E-state index contributed by atoms with van der Waals surface area (Å²) in [6.45, 7) is 6.73. The van der Waals surface area contributed by atoms with Crippen molar-refractivity contribution in [3.63, 3.8) is 0 Å². The number of aromatic nitrogens is 1. The molecule has 216 valence electrons. The molecule has 1 unspecified atom stereocenters. The largest absolute Gasteiger partial charge is 0.496 e. The van der Waals surface area contributed by atoms with Crippen LogP contribution >= 0.6 is 0 Å². The molecule has 0 bridgehead atoms. The first-order chi connectivity index (χ1) is 19.1. The van der Waals surface area contributed by atoms with Gasteiger partial charge in [-0.05, 0) is 49.8 Å². The number of carbonyl (C=O) groups excluding carboxylic acids is 4. The molecule has 1 aromatic heterocycles. The van der Waals surface area contributed by atoms with Crippen molar-refractivity contribution in [1.82, 2.24) is 20.5 Å². The first-order valence-corrected chi connectivity index (χ1v) is 14.0. The van der Waals surface area contributed by atoms with Crippen molar-refractivity contribution in [1.29, 1.82) is 5.41 Å². The maximum absolute atomic E-state index is 13.7. The number of methoxy groups -OCH3 is 1. The summed E-state index contributed by atoms with van der Waals surface area (Å²) < 4.78 is 11.0. The van der Waals surface area contributed by atoms with Gasteiger partial charge < -0.3 is 25.1 Å². The van der Waals surface area contributed by atoms with Crippen molar-refractivity contribution in [3.05, 3.63) is 30.0 Å². The number of fused-ring (bicyclic) bond motifs is 1. The van der Waals surface area contributed by atoms with Gasteiger partial charge in [0.25, 0.3) is 0 Å². The maximum atomic E-state index is 13.7. The molecule has 3 amide bonds. The van der Waals surface area contributed by atoms with Gasteiger partial charge in [-0.25, -0.2) is 4.79 Å². The second-order valence-corrected chi connectivity index (χ2v) is 11.0. The molecule has 0 spiro atoms. The van der Waals surface area contributed by atoms with E-state index in [0.717, 1.165) is 10.9 Å². The lowest BCUT2D eigenvalue weighted by Gasteiger charge is -2.28. The summed E-state index contributed by atoms with van der Waals surface area (Å²) in [5, 5.41) is 15.2. The lowest BCUT2D eigenvalue weighted by Crippen LogP contribution is -2.50. The van der Waals surface area contributed by atoms with E-state index in [2.05, 4.69) is 15.6 Å². The van der Waals surface area contributed by atoms with Crippen molar-refractivity contribution in [2.45, 2.75) is 65.0 Å². The number of benzene rings is 1. The van der Waals surface area contributed by atoms with Crippen LogP contribution in [-0.4, -0.2) is 71.8 Å². The number of ether oxygens (including phenoxy) is 2. The predicted octanol–water partition coefficient (Wildman–Crippen LogP) is 3.63. The topological polar surface area (TPSA) is 154 Å². The van der Waals surface area contributed by atoms with Crippen molar-refractivity contribution in [2.24, 2.45) is 17.8 Å². The number of amides is 3. The molecule has 0 radical (unpaired) electrons. The highest BCUT2D eigenvalue weighted by Crippen LogP contribution is 2.29. The van der Waals surface area contributed by atoms with Gasteiger partial charge in [-0.15, -0.1) is 0 Å². The minimum Gasteiger partial charge on any atom is -0.496 e. The molecule has 11 heteroatoms. The van der Waals surface area contributed by atoms with Crippen LogP contribution in [0.1, 0.15) is 63.4 Å². The third-order valence-corrected chi connectivity index (χ3v) is 7.55. The summed E-state index contributed by atoms with van der Waals surface area (Å²) >= 11 is 0. The average molecular weight is 554 g/mol. The SMILES string of the molecule is CCCN1C(=N)C([C@H](C[C@@H]2CCNC2=O)NC(=O)[C@@H](CC(=O)c2cc3c(OC)cccc3[nH]2)CC(C)C)OC1=O. The fourth-order valence-electron chi connectivity index (χ4n) is 5.56. The summed E-state index contributed by atoms with van der Waals surface area (Å²) in [6.07, 6.45) is 0.256. The van der Waals surface area contributed by atoms with E-state index in [1.54, 1.807) is 13.2 Å². The molecule has 3 heterocycles. The molecule has 4 N–H and O–H groups in total. The molecule has 2 aliphatic heterocycles. The number of carbonyl (C=O) groups is 4. The Kier molecular flexibility index (Phi) is 9.11. The molecule has 4 atom stereocenters. The van der Waals surface area contributed by atoms with E-state index in [1.807, 2.05) is 39.0 Å². The van der Waals surface area contributed by atoms with Gasteiger partial charge in [0.05, 0.1) is 18.8 Å². The van der Waals surface area contributed by atoms with E-state index in [9.17, 15) is 19.2 Å². The Morgan fingerprint density at radius 3 is 2.70 bits per heavy atom. The van der Waals surface area contributed by atoms with Gasteiger partial charge in [0.15, 0.2) is 11.9 Å². The first kappa shape index (κ1) is 29.1. The highest BCUT2D eigenvalue weighted by Gasteiger charge is 2.44. The van der Waals surface area contributed by atoms with E-state index in [1.165, 1.54) is 4.90 Å². The van der Waals surface area contributed by atoms with Gasteiger partial charge in [0.2, 0.25) is 11.8 Å². The summed E-state index contributed by atoms with van der Waals surface area (Å²) in [6, 6.07) is 6.47. The third-order valence-electron chi connectivity index (χ3n) is 7.55. The summed E-state index contributed by atoms with van der Waals surface area (Å²) in [7, 11) is 1.57. The van der Waals surface area contributed by atoms with Crippen LogP contribution in [-0.2, 0) is 14.3 Å². The molecule has 11 nitrogen and oxygen atoms in total. The van der Waals surface area contributed by atoms with Gasteiger partial charge >= 0.3 is 6.09 Å². The van der Waals surface area contributed by atoms with Gasteiger partial charge in [-0.1, -0.05) is 26.8 Å². The van der Waals surface area contributed by atoms with Gasteiger partial charge in [-0.3, -0.25) is 24.7 Å². The van der Waals surface area contributed by atoms with E-state index < -0.39 is 24.2 Å². The Morgan fingerprint density at radius 1 is 1.27 bits per heavy atom. The zero-order valence-corrected chi connectivity index (χ0v) is 23.5. The van der Waals surface area contributed by atoms with Gasteiger partial charge in [-0.2, -0.15) is 0 Å². The smallest absolute Gasteiger partial charge is 0.416 e. The molecule has 4 rings (SSSR count). The number of nitrogens with zero attached hydrogens (tertiary/aromatic N) is 1. The lowest BCUT2D eigenvalue weighted by molar-refractivity contribution is -0.128. The molecule has 2 aromatic rings. The number of ketones is 1. The number of nitrogens with one attached hydrogen (secondary N) is 4. The number of rotatable bonds is 13. The Morgan fingerprint density at radius 2 is 2.05 bits per heavy atom. The minimum atomic E-state index is -1.01. The third kappa shape index (κ3) is 6.29. The van der Waals surface area contributed by atoms with Crippen LogP contribution in [0.4, 0.5) is 4.79 Å². The molecule has 2 saturated heterocycles. The van der Waals surface area contributed by atoms with Crippen LogP contribution in [0.5, 0.6) is 5.75 Å². The quantitative estimate of drug-likeness (QED) is 0.278. The van der Waals surface area contributed by atoms with Crippen LogP contribution in [0, 0.1) is 23.2 Å². The number of hydrogen-bond acceptors (Lipinski definition) is 7. The molecular weight excluding hydrogens is 514 g/mol. The fourth-order valence-corrected chi connectivity index (χ4v) is 5.56. The molecule has 40 heavy (non-hydrogen) atoms. The van der Waals surface area contributed by atoms with Crippen LogP contribution in [0.2, 0.25) is 0 Å². The molecule has 1 aromatic carbocycles. The van der Waals surface area contributed by atoms with Crippen LogP contribution in [0.25, 0.3) is 10.9 Å². The zero-order chi connectivity index (χ0) is 29.0. The van der Waals surface area contributed by atoms with E-state index in [0.29, 0.717) is 43.8 Å². The van der Waals surface area contributed by atoms with Crippen LogP contribution < -0.4 is 15.4 Å². The van der Waals surface area contributed by atoms with Crippen molar-refractivity contribution in [3.8, 4) is 5.75 Å². The normalized spacial score (nSPS) is 20.5. The van der Waals surface area contributed by atoms with E-state index >= 15 is 0 Å². The monoisotopic (exact) mass is 553 g/mol. The lowest BCUT2D eigenvalue weighted by atomic mass is 9.89. The highest BCUT2D eigenvalue weighted by molar-refractivity contribution is 6.03. The first-order valence-electron chi connectivity index (χ1n) is 14.0. The number of Topliss-reactive ketones (excluding diaryl/α,β-unsaturated/α-hetero) is 1. The Hall–Kier alpha value is -3.89. The summed E-state index contributed by atoms with van der Waals surface area (Å²) in [5.74, 6) is -0.969. The summed E-state index contributed by atoms with van der Waals surface area (Å²) in [4.78, 5) is 56.3. The number of amidine groups is 1. The molecule has 0 saturated carbocycles. The Bertz CT molecular complexity index is 1290. The number of cyclic esters (lactones) is 1. The van der Waals surface area contributed by atoms with Crippen molar-refractivity contribution < 1.29 is 28.7 Å². The van der Waals surface area contributed by atoms with Crippen LogP contribution in [0.15, 0.2) is 24.3 Å². The highest BCUT2D eigenvalue weighted by atomic mass is 16.6. The molecule has 0 aliphatic carbocycles. The number of hydrogen-bond donors (Lipinski definition) is 4. The second kappa shape index (κ2) is 12.5. The molecular formula is C29H39N5O6. The number of aromatic amines is 1. The Labute approximate surface area is 233 Å². The minimum absolute atomic E-state index is 0.0281. The number of H-pyrrole nitrogens is 1. The zero-order valence-electron chi connectivity index (χ0n) is 23.5. The second-order valence-electron chi connectivity index (χ2n) is 11.0. The molecule has 2 aliphatic rings. The summed E-state index contributed by atoms with van der Waals surface area (Å²) in [5.41, 5.74) is 1.16. The van der Waals surface area contributed by atoms with Gasteiger partial charge in [0, 0.05) is 42.2 Å². The predicted molar refractivity (Wildman–Crippen MR) is 149 cm³/mol. The van der Waals surface area contributed by atoms with E-state index in [-0.39, 0.29) is 48.1 Å². The fraction of sp³-hybridized carbons (Fsp3) is 0.552.